The first-order valence-electron chi connectivity index (χ1n) is 5.24. The monoisotopic (exact) mass is 234 g/mol. The van der Waals surface area contributed by atoms with Crippen molar-refractivity contribution in [1.29, 1.82) is 0 Å². The molecule has 6 heteroatoms. The zero-order valence-corrected chi connectivity index (χ0v) is 10.0. The van der Waals surface area contributed by atoms with Gasteiger partial charge in [0.05, 0.1) is 11.5 Å². The molecule has 0 bridgehead atoms. The Balaban J connectivity index is 2.46. The van der Waals surface area contributed by atoms with Crippen molar-refractivity contribution in [2.75, 3.05) is 24.6 Å². The van der Waals surface area contributed by atoms with Crippen molar-refractivity contribution in [3.63, 3.8) is 0 Å². The van der Waals surface area contributed by atoms with Crippen molar-refractivity contribution < 1.29 is 13.2 Å². The predicted octanol–water partition coefficient (Wildman–Crippen LogP) is 0.225. The molecule has 1 fully saturated rings. The Morgan fingerprint density at radius 1 is 1.40 bits per heavy atom. The van der Waals surface area contributed by atoms with Crippen molar-refractivity contribution in [3.05, 3.63) is 0 Å². The van der Waals surface area contributed by atoms with Gasteiger partial charge in [-0.1, -0.05) is 0 Å². The van der Waals surface area contributed by atoms with Crippen LogP contribution in [0.5, 0.6) is 0 Å². The molecule has 2 amide bonds. The van der Waals surface area contributed by atoms with Crippen molar-refractivity contribution in [1.82, 2.24) is 10.2 Å². The number of carbonyl (C=O) groups excluding carboxylic acids is 1. The van der Waals surface area contributed by atoms with Crippen LogP contribution in [0.25, 0.3) is 0 Å². The summed E-state index contributed by atoms with van der Waals surface area (Å²) in [5, 5.41) is 2.74. The number of carbonyl (C=O) groups is 1. The molecule has 1 aliphatic heterocycles. The third kappa shape index (κ3) is 3.37. The third-order valence-corrected chi connectivity index (χ3v) is 4.38. The molecule has 5 nitrogen and oxygen atoms in total. The number of rotatable bonds is 3. The minimum absolute atomic E-state index is 0.0833. The van der Waals surface area contributed by atoms with Crippen LogP contribution in [0.2, 0.25) is 0 Å². The molecule has 1 unspecified atom stereocenters. The second kappa shape index (κ2) is 4.83. The number of amides is 2. The van der Waals surface area contributed by atoms with Gasteiger partial charge in [-0.25, -0.2) is 13.2 Å². The van der Waals surface area contributed by atoms with Crippen molar-refractivity contribution in [3.8, 4) is 0 Å². The van der Waals surface area contributed by atoms with Gasteiger partial charge >= 0.3 is 6.03 Å². The first-order valence-corrected chi connectivity index (χ1v) is 7.06. The van der Waals surface area contributed by atoms with E-state index >= 15 is 0 Å². The van der Waals surface area contributed by atoms with Crippen LogP contribution in [-0.2, 0) is 9.84 Å². The van der Waals surface area contributed by atoms with E-state index in [9.17, 15) is 13.2 Å². The largest absolute Gasteiger partial charge is 0.334 e. The van der Waals surface area contributed by atoms with E-state index in [-0.39, 0.29) is 23.6 Å². The number of nitrogens with one attached hydrogen (secondary N) is 1. The molecule has 1 aliphatic rings. The Hall–Kier alpha value is -0.780. The molecule has 1 atom stereocenters. The number of hydrogen-bond acceptors (Lipinski definition) is 3. The Kier molecular flexibility index (Phi) is 3.96. The van der Waals surface area contributed by atoms with Gasteiger partial charge in [-0.15, -0.1) is 0 Å². The van der Waals surface area contributed by atoms with Crippen molar-refractivity contribution in [2.24, 2.45) is 0 Å². The molecule has 1 N–H and O–H groups in total. The molecule has 0 aliphatic carbocycles. The molecule has 15 heavy (non-hydrogen) atoms. The highest BCUT2D eigenvalue weighted by molar-refractivity contribution is 7.91. The zero-order chi connectivity index (χ0) is 11.5. The van der Waals surface area contributed by atoms with Crippen LogP contribution in [0, 0.1) is 0 Å². The van der Waals surface area contributed by atoms with Gasteiger partial charge in [0.15, 0.2) is 9.84 Å². The number of hydrogen-bond donors (Lipinski definition) is 1. The molecule has 0 aromatic rings. The summed E-state index contributed by atoms with van der Waals surface area (Å²) in [6.07, 6.45) is 0.537. The highest BCUT2D eigenvalue weighted by Crippen LogP contribution is 2.11. The van der Waals surface area contributed by atoms with Gasteiger partial charge in [-0.05, 0) is 20.3 Å². The number of nitrogens with zero attached hydrogens (tertiary/aromatic N) is 1. The molecule has 0 radical (unpaired) electrons. The average molecular weight is 234 g/mol. The number of sulfone groups is 1. The van der Waals surface area contributed by atoms with Gasteiger partial charge < -0.3 is 10.2 Å². The Morgan fingerprint density at radius 3 is 2.40 bits per heavy atom. The quantitative estimate of drug-likeness (QED) is 0.760. The van der Waals surface area contributed by atoms with Crippen LogP contribution in [0.15, 0.2) is 0 Å². The van der Waals surface area contributed by atoms with E-state index in [1.54, 1.807) is 4.90 Å². The van der Waals surface area contributed by atoms with E-state index in [1.807, 2.05) is 13.8 Å². The van der Waals surface area contributed by atoms with Gasteiger partial charge in [0.2, 0.25) is 0 Å². The minimum Gasteiger partial charge on any atom is -0.334 e. The Bertz CT molecular complexity index is 322. The second-order valence-corrected chi connectivity index (χ2v) is 5.95. The van der Waals surface area contributed by atoms with Crippen LogP contribution in [-0.4, -0.2) is 50.0 Å². The summed E-state index contributed by atoms with van der Waals surface area (Å²) in [6, 6.07) is -0.370. The first kappa shape index (κ1) is 12.3. The van der Waals surface area contributed by atoms with Crippen molar-refractivity contribution >= 4 is 15.9 Å². The molecule has 88 valence electrons. The van der Waals surface area contributed by atoms with Crippen molar-refractivity contribution in [2.45, 2.75) is 26.3 Å². The van der Waals surface area contributed by atoms with Crippen LogP contribution in [0.4, 0.5) is 4.79 Å². The zero-order valence-electron chi connectivity index (χ0n) is 9.19. The van der Waals surface area contributed by atoms with Gasteiger partial charge in [-0.2, -0.15) is 0 Å². The minimum atomic E-state index is -2.91. The smallest absolute Gasteiger partial charge is 0.317 e. The molecular weight excluding hydrogens is 216 g/mol. The van der Waals surface area contributed by atoms with Crippen LogP contribution >= 0.6 is 0 Å². The normalized spacial score (nSPS) is 23.7. The number of urea groups is 1. The fourth-order valence-corrected chi connectivity index (χ4v) is 3.36. The summed E-state index contributed by atoms with van der Waals surface area (Å²) in [7, 11) is -2.91. The van der Waals surface area contributed by atoms with E-state index < -0.39 is 9.84 Å². The van der Waals surface area contributed by atoms with Gasteiger partial charge in [0.25, 0.3) is 0 Å². The highest BCUT2D eigenvalue weighted by atomic mass is 32.2. The molecule has 1 saturated heterocycles. The summed E-state index contributed by atoms with van der Waals surface area (Å²) in [5.41, 5.74) is 0. The summed E-state index contributed by atoms with van der Waals surface area (Å²) in [4.78, 5) is 13.2. The molecule has 0 aromatic heterocycles. The summed E-state index contributed by atoms with van der Waals surface area (Å²) in [6.45, 7) is 5.08. The third-order valence-electron chi connectivity index (χ3n) is 2.61. The molecule has 1 heterocycles. The maximum Gasteiger partial charge on any atom is 0.317 e. The summed E-state index contributed by atoms with van der Waals surface area (Å²) in [5.74, 6) is 0.274. The molecule has 0 aromatic carbocycles. The SMILES string of the molecule is CCN(CC)C(=O)NC1CCS(=O)(=O)C1. The van der Waals surface area contributed by atoms with Gasteiger partial charge in [0.1, 0.15) is 0 Å². The van der Waals surface area contributed by atoms with E-state index in [2.05, 4.69) is 5.32 Å². The molecule has 1 rings (SSSR count). The fraction of sp³-hybridized carbons (Fsp3) is 0.889. The topological polar surface area (TPSA) is 66.5 Å². The van der Waals surface area contributed by atoms with Gasteiger partial charge in [0, 0.05) is 19.1 Å². The second-order valence-electron chi connectivity index (χ2n) is 3.72. The summed E-state index contributed by atoms with van der Waals surface area (Å²) >= 11 is 0. The average Bonchev–Trinajstić information content (AvgIpc) is 2.47. The molecule has 0 saturated carbocycles. The van der Waals surface area contributed by atoms with E-state index in [4.69, 9.17) is 0 Å². The summed E-state index contributed by atoms with van der Waals surface area (Å²) < 4.78 is 22.3. The van der Waals surface area contributed by atoms with E-state index in [0.29, 0.717) is 19.5 Å². The van der Waals surface area contributed by atoms with Crippen LogP contribution < -0.4 is 5.32 Å². The lowest BCUT2D eigenvalue weighted by Gasteiger charge is -2.21. The van der Waals surface area contributed by atoms with E-state index in [0.717, 1.165) is 0 Å². The van der Waals surface area contributed by atoms with Crippen LogP contribution in [0.3, 0.4) is 0 Å². The standard InChI is InChI=1S/C9H18N2O3S/c1-3-11(4-2)9(12)10-8-5-6-15(13,14)7-8/h8H,3-7H2,1-2H3,(H,10,12). The maximum atomic E-state index is 11.6. The van der Waals surface area contributed by atoms with E-state index in [1.165, 1.54) is 0 Å². The molecule has 0 spiro atoms. The van der Waals surface area contributed by atoms with Crippen LogP contribution in [0.1, 0.15) is 20.3 Å². The Morgan fingerprint density at radius 2 is 2.00 bits per heavy atom. The molecular formula is C9H18N2O3S. The fourth-order valence-electron chi connectivity index (χ4n) is 1.69. The predicted molar refractivity (Wildman–Crippen MR) is 58.5 cm³/mol. The maximum absolute atomic E-state index is 11.6. The lowest BCUT2D eigenvalue weighted by Crippen LogP contribution is -2.45. The first-order chi connectivity index (χ1) is 6.98. The lowest BCUT2D eigenvalue weighted by molar-refractivity contribution is 0.200. The Labute approximate surface area is 90.7 Å². The lowest BCUT2D eigenvalue weighted by atomic mass is 10.3. The highest BCUT2D eigenvalue weighted by Gasteiger charge is 2.29. The van der Waals surface area contributed by atoms with Gasteiger partial charge in [-0.3, -0.25) is 0 Å².